The molecule has 7 N–H and O–H groups in total. The molecule has 0 unspecified atom stereocenters. The lowest BCUT2D eigenvalue weighted by Gasteiger charge is -2.14. The highest BCUT2D eigenvalue weighted by atomic mass is 15.0. The molecule has 0 fully saturated rings. The Kier molecular flexibility index (Phi) is 7.17. The number of amidine groups is 1. The van der Waals surface area contributed by atoms with Gasteiger partial charge in [-0.1, -0.05) is 19.9 Å². The third-order valence-corrected chi connectivity index (χ3v) is 4.80. The van der Waals surface area contributed by atoms with E-state index in [0.717, 1.165) is 27.9 Å². The van der Waals surface area contributed by atoms with Crippen LogP contribution in [0.25, 0.3) is 16.6 Å². The molecule has 0 saturated carbocycles. The first kappa shape index (κ1) is 22.5. The SMILES string of the molecule is CN/C=C(\C(N)=C1C=CC=CN1)c1cnc2ccc(N=C(N)C=C(C=N)C(C)C)nc2c1. The molecular weight excluding hydrogens is 400 g/mol. The number of aliphatic imine (C=N–C) groups is 1. The van der Waals surface area contributed by atoms with Crippen LogP contribution in [0.5, 0.6) is 0 Å². The number of hydrogen-bond donors (Lipinski definition) is 5. The Balaban J connectivity index is 2.01. The van der Waals surface area contributed by atoms with Crippen molar-refractivity contribution in [1.82, 2.24) is 20.6 Å². The van der Waals surface area contributed by atoms with Gasteiger partial charge < -0.3 is 27.5 Å². The minimum atomic E-state index is 0.179. The van der Waals surface area contributed by atoms with E-state index in [1.54, 1.807) is 18.3 Å². The van der Waals surface area contributed by atoms with Gasteiger partial charge in [0, 0.05) is 43.0 Å². The van der Waals surface area contributed by atoms with Gasteiger partial charge in [0.15, 0.2) is 5.82 Å². The van der Waals surface area contributed by atoms with Gasteiger partial charge >= 0.3 is 0 Å². The Labute approximate surface area is 187 Å². The summed E-state index contributed by atoms with van der Waals surface area (Å²) < 4.78 is 0. The Morgan fingerprint density at radius 3 is 2.69 bits per heavy atom. The monoisotopic (exact) mass is 428 g/mol. The first-order valence-electron chi connectivity index (χ1n) is 10.2. The van der Waals surface area contributed by atoms with Gasteiger partial charge in [-0.2, -0.15) is 0 Å². The number of aromatic nitrogens is 2. The Morgan fingerprint density at radius 1 is 1.22 bits per heavy atom. The molecule has 0 bridgehead atoms. The summed E-state index contributed by atoms with van der Waals surface area (Å²) in [4.78, 5) is 13.5. The molecule has 2 aromatic rings. The second-order valence-electron chi connectivity index (χ2n) is 7.45. The van der Waals surface area contributed by atoms with Crippen molar-refractivity contribution in [2.45, 2.75) is 13.8 Å². The predicted molar refractivity (Wildman–Crippen MR) is 132 cm³/mol. The van der Waals surface area contributed by atoms with E-state index in [0.29, 0.717) is 22.9 Å². The van der Waals surface area contributed by atoms with Crippen LogP contribution in [0, 0.1) is 11.3 Å². The summed E-state index contributed by atoms with van der Waals surface area (Å²) in [5, 5.41) is 13.7. The molecule has 0 saturated heterocycles. The van der Waals surface area contributed by atoms with Gasteiger partial charge in [-0.05, 0) is 47.9 Å². The van der Waals surface area contributed by atoms with Crippen molar-refractivity contribution in [2.24, 2.45) is 22.4 Å². The zero-order valence-corrected chi connectivity index (χ0v) is 18.4. The summed E-state index contributed by atoms with van der Waals surface area (Å²) in [6, 6.07) is 5.53. The van der Waals surface area contributed by atoms with Gasteiger partial charge in [-0.3, -0.25) is 4.98 Å². The fourth-order valence-corrected chi connectivity index (χ4v) is 3.08. The summed E-state index contributed by atoms with van der Waals surface area (Å²) in [5.74, 6) is 0.936. The summed E-state index contributed by atoms with van der Waals surface area (Å²) in [6.45, 7) is 4.00. The molecule has 3 heterocycles. The molecule has 0 atom stereocenters. The summed E-state index contributed by atoms with van der Waals surface area (Å²) >= 11 is 0. The molecule has 1 aliphatic rings. The number of hydrogen-bond acceptors (Lipinski definition) is 7. The lowest BCUT2D eigenvalue weighted by atomic mass is 10.0. The van der Waals surface area contributed by atoms with Gasteiger partial charge in [0.05, 0.1) is 22.4 Å². The number of nitrogens with zero attached hydrogens (tertiary/aromatic N) is 3. The Hall–Kier alpha value is -4.20. The zero-order chi connectivity index (χ0) is 23.1. The molecule has 0 radical (unpaired) electrons. The van der Waals surface area contributed by atoms with Crippen LogP contribution in [-0.2, 0) is 0 Å². The smallest absolute Gasteiger partial charge is 0.155 e. The highest BCUT2D eigenvalue weighted by Gasteiger charge is 2.12. The lowest BCUT2D eigenvalue weighted by molar-refractivity contribution is 0.806. The van der Waals surface area contributed by atoms with E-state index in [4.69, 9.17) is 16.9 Å². The Bertz CT molecular complexity index is 1200. The maximum atomic E-state index is 7.51. The third kappa shape index (κ3) is 5.28. The van der Waals surface area contributed by atoms with E-state index >= 15 is 0 Å². The number of fused-ring (bicyclic) bond motifs is 1. The number of nitrogens with two attached hydrogens (primary N) is 2. The van der Waals surface area contributed by atoms with Crippen LogP contribution in [0.3, 0.4) is 0 Å². The van der Waals surface area contributed by atoms with Gasteiger partial charge in [-0.15, -0.1) is 0 Å². The number of allylic oxidation sites excluding steroid dienone is 5. The van der Waals surface area contributed by atoms with Gasteiger partial charge in [0.2, 0.25) is 0 Å². The summed E-state index contributed by atoms with van der Waals surface area (Å²) in [6.07, 6.45) is 14.1. The van der Waals surface area contributed by atoms with Crippen LogP contribution in [-0.4, -0.2) is 29.1 Å². The van der Waals surface area contributed by atoms with Crippen molar-refractivity contribution in [2.75, 3.05) is 7.05 Å². The molecule has 32 heavy (non-hydrogen) atoms. The largest absolute Gasteiger partial charge is 0.396 e. The molecule has 2 aromatic heterocycles. The molecule has 8 heteroatoms. The number of rotatable bonds is 7. The van der Waals surface area contributed by atoms with Crippen LogP contribution < -0.4 is 22.1 Å². The van der Waals surface area contributed by atoms with Crippen molar-refractivity contribution < 1.29 is 0 Å². The van der Waals surface area contributed by atoms with Gasteiger partial charge in [0.1, 0.15) is 5.84 Å². The van der Waals surface area contributed by atoms with Gasteiger partial charge in [-0.25, -0.2) is 9.98 Å². The van der Waals surface area contributed by atoms with E-state index in [-0.39, 0.29) is 5.92 Å². The van der Waals surface area contributed by atoms with Crippen molar-refractivity contribution in [3.8, 4) is 0 Å². The fourth-order valence-electron chi connectivity index (χ4n) is 3.08. The Morgan fingerprint density at radius 2 is 2.03 bits per heavy atom. The van der Waals surface area contributed by atoms with Crippen molar-refractivity contribution in [3.63, 3.8) is 0 Å². The number of pyridine rings is 2. The average molecular weight is 429 g/mol. The maximum Gasteiger partial charge on any atom is 0.155 e. The van der Waals surface area contributed by atoms with E-state index in [1.807, 2.05) is 63.7 Å². The molecule has 1 aliphatic heterocycles. The quantitative estimate of drug-likeness (QED) is 0.339. The minimum Gasteiger partial charge on any atom is -0.396 e. The molecule has 3 rings (SSSR count). The van der Waals surface area contributed by atoms with Crippen LogP contribution >= 0.6 is 0 Å². The molecule has 8 nitrogen and oxygen atoms in total. The summed E-state index contributed by atoms with van der Waals surface area (Å²) in [7, 11) is 1.82. The second kappa shape index (κ2) is 10.2. The molecule has 0 spiro atoms. The average Bonchev–Trinajstić information content (AvgIpc) is 2.80. The topological polar surface area (TPSA) is 138 Å². The molecule has 0 aromatic carbocycles. The highest BCUT2D eigenvalue weighted by Crippen LogP contribution is 2.25. The first-order chi connectivity index (χ1) is 15.4. The minimum absolute atomic E-state index is 0.179. The van der Waals surface area contributed by atoms with E-state index < -0.39 is 0 Å². The van der Waals surface area contributed by atoms with E-state index in [1.165, 1.54) is 6.21 Å². The molecule has 0 amide bonds. The van der Waals surface area contributed by atoms with Crippen molar-refractivity contribution in [1.29, 1.82) is 5.41 Å². The van der Waals surface area contributed by atoms with Crippen LogP contribution in [0.2, 0.25) is 0 Å². The molecular formula is C24H28N8. The highest BCUT2D eigenvalue weighted by molar-refractivity contribution is 5.98. The van der Waals surface area contributed by atoms with Crippen LogP contribution in [0.4, 0.5) is 5.82 Å². The molecule has 0 aliphatic carbocycles. The van der Waals surface area contributed by atoms with Gasteiger partial charge in [0.25, 0.3) is 0 Å². The van der Waals surface area contributed by atoms with Crippen molar-refractivity contribution >= 4 is 34.5 Å². The fraction of sp³-hybridized carbons (Fsp3) is 0.167. The summed E-state index contributed by atoms with van der Waals surface area (Å²) in [5.41, 5.74) is 17.7. The van der Waals surface area contributed by atoms with E-state index in [2.05, 4.69) is 25.6 Å². The van der Waals surface area contributed by atoms with Crippen LogP contribution in [0.1, 0.15) is 19.4 Å². The van der Waals surface area contributed by atoms with E-state index in [9.17, 15) is 0 Å². The zero-order valence-electron chi connectivity index (χ0n) is 18.4. The first-order valence-corrected chi connectivity index (χ1v) is 10.2. The third-order valence-electron chi connectivity index (χ3n) is 4.80. The normalized spacial score (nSPS) is 16.3. The standard InChI is InChI=1S/C24H28N8/c1-15(2)16(12-25)11-22(26)32-23-8-7-19-21(31-23)10-17(13-30-19)18(14-28-3)24(27)20-6-4-5-9-29-20/h4-15,25,28-29H,27H2,1-3H3,(H2,26,31,32)/b16-11?,18-14-,24-20?,25-12?. The predicted octanol–water partition coefficient (Wildman–Crippen LogP) is 3.25. The van der Waals surface area contributed by atoms with Crippen molar-refractivity contribution in [3.05, 3.63) is 83.6 Å². The second-order valence-corrected chi connectivity index (χ2v) is 7.45. The molecule has 164 valence electrons. The maximum absolute atomic E-state index is 7.51. The number of dihydropyridines is 1. The number of nitrogens with one attached hydrogen (secondary N) is 3. The lowest BCUT2D eigenvalue weighted by Crippen LogP contribution is -2.15. The van der Waals surface area contributed by atoms with Crippen LogP contribution in [0.15, 0.2) is 83.1 Å².